The third kappa shape index (κ3) is 5.51. The van der Waals surface area contributed by atoms with E-state index in [0.717, 1.165) is 74.5 Å². The molecule has 7 aromatic rings. The third-order valence-electron chi connectivity index (χ3n) is 9.55. The lowest BCUT2D eigenvalue weighted by molar-refractivity contribution is 0.667. The van der Waals surface area contributed by atoms with Crippen LogP contribution in [0.5, 0.6) is 0 Å². The zero-order valence-electron chi connectivity index (χ0n) is 27.5. The van der Waals surface area contributed by atoms with E-state index in [-0.39, 0.29) is 6.04 Å². The maximum atomic E-state index is 6.80. The summed E-state index contributed by atoms with van der Waals surface area (Å²) in [6.07, 6.45) is 11.2. The van der Waals surface area contributed by atoms with Crippen molar-refractivity contribution in [3.8, 4) is 0 Å². The molecular weight excluding hydrogens is 611 g/mol. The smallest absolute Gasteiger partial charge is 0.148 e. The molecule has 1 N–H and O–H groups in total. The molecule has 0 saturated carbocycles. The normalized spacial score (nSPS) is 15.7. The van der Waals surface area contributed by atoms with Gasteiger partial charge < -0.3 is 14.6 Å². The van der Waals surface area contributed by atoms with Gasteiger partial charge in [-0.05, 0) is 83.6 Å². The second kappa shape index (κ2) is 12.9. The van der Waals surface area contributed by atoms with E-state index in [1.165, 1.54) is 16.7 Å². The van der Waals surface area contributed by atoms with Crippen molar-refractivity contribution < 1.29 is 4.42 Å². The average molecular weight is 646 g/mol. The van der Waals surface area contributed by atoms with E-state index in [0.29, 0.717) is 0 Å². The molecule has 1 aromatic heterocycles. The van der Waals surface area contributed by atoms with Crippen LogP contribution in [-0.2, 0) is 0 Å². The number of aliphatic imine (C=N–C) groups is 1. The Kier molecular flexibility index (Phi) is 7.67. The molecule has 4 heteroatoms. The van der Waals surface area contributed by atoms with Crippen LogP contribution < -0.4 is 10.2 Å². The molecule has 1 aliphatic carbocycles. The summed E-state index contributed by atoms with van der Waals surface area (Å²) in [5.41, 5.74) is 11.4. The van der Waals surface area contributed by atoms with E-state index in [1.807, 2.05) is 18.2 Å². The molecule has 0 amide bonds. The highest BCUT2D eigenvalue weighted by molar-refractivity contribution is 6.20. The van der Waals surface area contributed by atoms with Crippen LogP contribution in [0.2, 0.25) is 0 Å². The van der Waals surface area contributed by atoms with Gasteiger partial charge in [0.15, 0.2) is 0 Å². The quantitative estimate of drug-likeness (QED) is 0.188. The van der Waals surface area contributed by atoms with Crippen LogP contribution in [0.25, 0.3) is 33.2 Å². The van der Waals surface area contributed by atoms with Crippen LogP contribution in [0.1, 0.15) is 41.1 Å². The number of amidine groups is 1. The molecule has 0 saturated heterocycles. The van der Waals surface area contributed by atoms with Crippen molar-refractivity contribution in [1.29, 1.82) is 0 Å². The third-order valence-corrected chi connectivity index (χ3v) is 9.55. The number of allylic oxidation sites excluding steroid dienone is 4. The first-order valence-electron chi connectivity index (χ1n) is 17.2. The van der Waals surface area contributed by atoms with Crippen molar-refractivity contribution in [2.45, 2.75) is 18.9 Å². The second-order valence-corrected chi connectivity index (χ2v) is 12.7. The van der Waals surface area contributed by atoms with Crippen LogP contribution in [0.3, 0.4) is 0 Å². The zero-order chi connectivity index (χ0) is 33.3. The standard InChI is InChI=1S/C46H35N3O/c1-5-15-32(16-6-1)33-25-27-37(28-26-33)49(36-21-11-4-12-22-36)42-30-29-39(45-44(42)38-23-13-14-24-43(38)50-45)46-47-40(34-17-7-2-8-18-34)31-41(48-46)35-19-9-3-10-20-35/h2-5,7-31,40H,1,6H2,(H,47,48). The molecular formula is C46H35N3O. The Labute approximate surface area is 292 Å². The Morgan fingerprint density at radius 3 is 2.10 bits per heavy atom. The van der Waals surface area contributed by atoms with Gasteiger partial charge in [-0.1, -0.05) is 127 Å². The SMILES string of the molecule is C1=CC(c2ccc(N(c3ccccc3)c3ccc(C4=NC(c5ccccc5)=CC(c5ccccc5)N4)c4oc5ccccc5c34)cc2)=CCC1. The number of hydrogen-bond donors (Lipinski definition) is 1. The lowest BCUT2D eigenvalue weighted by Gasteiger charge is -2.28. The highest BCUT2D eigenvalue weighted by Crippen LogP contribution is 2.44. The fourth-order valence-corrected chi connectivity index (χ4v) is 7.10. The van der Waals surface area contributed by atoms with Gasteiger partial charge >= 0.3 is 0 Å². The summed E-state index contributed by atoms with van der Waals surface area (Å²) in [5, 5.41) is 5.86. The van der Waals surface area contributed by atoms with Crippen LogP contribution in [0.15, 0.2) is 185 Å². The number of anilines is 3. The van der Waals surface area contributed by atoms with Crippen LogP contribution in [-0.4, -0.2) is 5.84 Å². The van der Waals surface area contributed by atoms with Crippen LogP contribution >= 0.6 is 0 Å². The van der Waals surface area contributed by atoms with Gasteiger partial charge in [0.1, 0.15) is 17.0 Å². The molecule has 50 heavy (non-hydrogen) atoms. The zero-order valence-corrected chi connectivity index (χ0v) is 27.5. The van der Waals surface area contributed by atoms with Crippen molar-refractivity contribution in [2.75, 3.05) is 4.90 Å². The fourth-order valence-electron chi connectivity index (χ4n) is 7.10. The summed E-state index contributed by atoms with van der Waals surface area (Å²) in [5.74, 6) is 0.778. The van der Waals surface area contributed by atoms with E-state index in [2.05, 4.69) is 168 Å². The van der Waals surface area contributed by atoms with Gasteiger partial charge in [0.25, 0.3) is 0 Å². The maximum Gasteiger partial charge on any atom is 0.148 e. The van der Waals surface area contributed by atoms with Gasteiger partial charge in [-0.25, -0.2) is 4.99 Å². The predicted molar refractivity (Wildman–Crippen MR) is 208 cm³/mol. The van der Waals surface area contributed by atoms with Gasteiger partial charge in [-0.3, -0.25) is 0 Å². The van der Waals surface area contributed by atoms with Crippen molar-refractivity contribution in [2.24, 2.45) is 4.99 Å². The summed E-state index contributed by atoms with van der Waals surface area (Å²) in [6, 6.07) is 53.0. The number of nitrogens with zero attached hydrogens (tertiary/aromatic N) is 2. The molecule has 9 rings (SSSR count). The van der Waals surface area contributed by atoms with Crippen molar-refractivity contribution in [3.63, 3.8) is 0 Å². The first-order valence-corrected chi connectivity index (χ1v) is 17.2. The molecule has 0 spiro atoms. The van der Waals surface area contributed by atoms with E-state index in [4.69, 9.17) is 9.41 Å². The summed E-state index contributed by atoms with van der Waals surface area (Å²) in [6.45, 7) is 0. The van der Waals surface area contributed by atoms with Gasteiger partial charge in [0, 0.05) is 16.8 Å². The Bertz CT molecular complexity index is 2440. The molecule has 2 heterocycles. The molecule has 1 atom stereocenters. The molecule has 2 aliphatic rings. The summed E-state index contributed by atoms with van der Waals surface area (Å²) in [7, 11) is 0. The predicted octanol–water partition coefficient (Wildman–Crippen LogP) is 11.9. The summed E-state index contributed by atoms with van der Waals surface area (Å²) >= 11 is 0. The van der Waals surface area contributed by atoms with Gasteiger partial charge in [0.05, 0.1) is 28.4 Å². The van der Waals surface area contributed by atoms with Crippen molar-refractivity contribution >= 4 is 56.1 Å². The number of rotatable bonds is 7. The van der Waals surface area contributed by atoms with E-state index in [9.17, 15) is 0 Å². The number of nitrogens with one attached hydrogen (secondary N) is 1. The minimum Gasteiger partial charge on any atom is -0.455 e. The minimum atomic E-state index is -0.0635. The maximum absolute atomic E-state index is 6.80. The monoisotopic (exact) mass is 645 g/mol. The van der Waals surface area contributed by atoms with Crippen molar-refractivity contribution in [3.05, 3.63) is 198 Å². The van der Waals surface area contributed by atoms with E-state index < -0.39 is 0 Å². The molecule has 1 unspecified atom stereocenters. The Morgan fingerprint density at radius 2 is 1.34 bits per heavy atom. The highest BCUT2D eigenvalue weighted by Gasteiger charge is 2.26. The highest BCUT2D eigenvalue weighted by atomic mass is 16.3. The summed E-state index contributed by atoms with van der Waals surface area (Å²) < 4.78 is 6.80. The Hall–Kier alpha value is -6.39. The molecule has 0 fully saturated rings. The Morgan fingerprint density at radius 1 is 0.640 bits per heavy atom. The van der Waals surface area contributed by atoms with Crippen LogP contribution in [0, 0.1) is 0 Å². The first kappa shape index (κ1) is 29.7. The van der Waals surface area contributed by atoms with Gasteiger partial charge in [-0.2, -0.15) is 0 Å². The molecule has 1 aliphatic heterocycles. The number of hydrogen-bond acceptors (Lipinski definition) is 4. The molecule has 240 valence electrons. The average Bonchev–Trinajstić information content (AvgIpc) is 3.60. The molecule has 0 radical (unpaired) electrons. The van der Waals surface area contributed by atoms with Crippen molar-refractivity contribution in [1.82, 2.24) is 5.32 Å². The Balaban J connectivity index is 1.23. The topological polar surface area (TPSA) is 40.8 Å². The largest absolute Gasteiger partial charge is 0.455 e. The lowest BCUT2D eigenvalue weighted by atomic mass is 9.98. The second-order valence-electron chi connectivity index (χ2n) is 12.7. The fraction of sp³-hybridized carbons (Fsp3) is 0.0652. The number of furan rings is 1. The number of fused-ring (bicyclic) bond motifs is 3. The molecule has 6 aromatic carbocycles. The minimum absolute atomic E-state index is 0.0635. The number of para-hydroxylation sites is 2. The van der Waals surface area contributed by atoms with Crippen LogP contribution in [0.4, 0.5) is 17.1 Å². The van der Waals surface area contributed by atoms with Gasteiger partial charge in [0.2, 0.25) is 0 Å². The number of benzene rings is 6. The van der Waals surface area contributed by atoms with E-state index in [1.54, 1.807) is 0 Å². The molecule has 4 nitrogen and oxygen atoms in total. The molecule has 0 bridgehead atoms. The first-order chi connectivity index (χ1) is 24.8. The lowest BCUT2D eigenvalue weighted by Crippen LogP contribution is -2.31. The van der Waals surface area contributed by atoms with E-state index >= 15 is 0 Å². The van der Waals surface area contributed by atoms with Gasteiger partial charge in [-0.15, -0.1) is 0 Å². The summed E-state index contributed by atoms with van der Waals surface area (Å²) in [4.78, 5) is 7.58.